The Bertz CT molecular complexity index is 2060. The minimum absolute atomic E-state index is 0.174. The van der Waals surface area contributed by atoms with Crippen molar-refractivity contribution in [3.8, 4) is 11.5 Å². The molecule has 5 aromatic rings. The van der Waals surface area contributed by atoms with Gasteiger partial charge in [-0.05, 0) is 123 Å². The molecule has 0 saturated heterocycles. The Morgan fingerprint density at radius 1 is 0.922 bits per heavy atom. The Kier molecular flexibility index (Phi) is 9.71. The SMILES string of the molecule is COc1cc2c(cc1OC)C(c1ccccc1)N(CCCc1cn(CCCCC3=CC4Cc5nc6cc(Cl)ccc6c(N)c5C(C3)C4)nn1)CC2. The van der Waals surface area contributed by atoms with E-state index in [1.54, 1.807) is 19.8 Å². The lowest BCUT2D eigenvalue weighted by atomic mass is 9.70. The molecule has 0 fully saturated rings. The van der Waals surface area contributed by atoms with E-state index in [1.165, 1.54) is 34.4 Å². The number of hydrogen-bond acceptors (Lipinski definition) is 7. The number of pyridine rings is 1. The number of nitrogens with zero attached hydrogens (tertiary/aromatic N) is 5. The number of rotatable bonds is 12. The van der Waals surface area contributed by atoms with E-state index < -0.39 is 0 Å². The number of halogens is 1. The lowest BCUT2D eigenvalue weighted by Crippen LogP contribution is -2.37. The number of anilines is 1. The van der Waals surface area contributed by atoms with Gasteiger partial charge in [-0.1, -0.05) is 58.8 Å². The van der Waals surface area contributed by atoms with E-state index in [9.17, 15) is 0 Å². The molecule has 3 atom stereocenters. The van der Waals surface area contributed by atoms with E-state index in [-0.39, 0.29) is 6.04 Å². The van der Waals surface area contributed by atoms with Crippen LogP contribution in [-0.4, -0.2) is 52.2 Å². The van der Waals surface area contributed by atoms with Gasteiger partial charge in [-0.25, -0.2) is 0 Å². The maximum absolute atomic E-state index is 6.76. The van der Waals surface area contributed by atoms with E-state index in [4.69, 9.17) is 31.8 Å². The van der Waals surface area contributed by atoms with Gasteiger partial charge in [0, 0.05) is 46.6 Å². The first kappa shape index (κ1) is 33.7. The van der Waals surface area contributed by atoms with Crippen molar-refractivity contribution in [2.75, 3.05) is 33.0 Å². The molecule has 1 aliphatic heterocycles. The van der Waals surface area contributed by atoms with Crippen LogP contribution in [-0.2, 0) is 25.8 Å². The number of nitrogen functional groups attached to an aromatic ring is 1. The smallest absolute Gasteiger partial charge is 0.161 e. The summed E-state index contributed by atoms with van der Waals surface area (Å²) in [4.78, 5) is 7.61. The molecule has 2 aromatic heterocycles. The van der Waals surface area contributed by atoms with Crippen LogP contribution in [0.1, 0.15) is 84.1 Å². The normalized spacial score (nSPS) is 19.7. The van der Waals surface area contributed by atoms with Gasteiger partial charge in [0.05, 0.1) is 31.5 Å². The molecular weight excluding hydrogens is 656 g/mol. The molecule has 2 aliphatic carbocycles. The van der Waals surface area contributed by atoms with Crippen LogP contribution in [0.3, 0.4) is 0 Å². The summed E-state index contributed by atoms with van der Waals surface area (Å²) < 4.78 is 13.4. The third kappa shape index (κ3) is 6.96. The average Bonchev–Trinajstić information content (AvgIpc) is 3.60. The quantitative estimate of drug-likeness (QED) is 0.103. The Labute approximate surface area is 305 Å². The molecule has 9 heteroatoms. The first-order valence-corrected chi connectivity index (χ1v) is 18.8. The molecule has 2 N–H and O–H groups in total. The summed E-state index contributed by atoms with van der Waals surface area (Å²) in [5, 5.41) is 10.8. The minimum atomic E-state index is 0.174. The van der Waals surface area contributed by atoms with Gasteiger partial charge in [-0.2, -0.15) is 0 Å². The molecule has 3 aliphatic rings. The van der Waals surface area contributed by atoms with Crippen LogP contribution in [0.2, 0.25) is 5.02 Å². The third-order valence-electron chi connectivity index (χ3n) is 11.2. The van der Waals surface area contributed by atoms with Crippen LogP contribution < -0.4 is 15.2 Å². The van der Waals surface area contributed by atoms with Crippen molar-refractivity contribution in [1.82, 2.24) is 24.9 Å². The highest BCUT2D eigenvalue weighted by Crippen LogP contribution is 2.47. The highest BCUT2D eigenvalue weighted by molar-refractivity contribution is 6.31. The first-order valence-electron chi connectivity index (χ1n) is 18.5. The van der Waals surface area contributed by atoms with Crippen molar-refractivity contribution < 1.29 is 9.47 Å². The molecule has 51 heavy (non-hydrogen) atoms. The standard InChI is InChI=1S/C42H47ClN6O2/c1-50-38-23-30-15-18-48(42(29-10-4-3-5-11-29)35(30)25-39(38)51-2)16-8-12-33-26-49(47-46-33)17-7-6-9-27-19-28-21-31(20-27)40-37(22-28)45-36-24-32(43)13-14-34(36)41(40)44/h3-5,10-11,13-14,19,23-26,28,31,42H,6-9,12,15-18,20-22H2,1-2H3,(H2,44,45). The topological polar surface area (TPSA) is 91.3 Å². The van der Waals surface area contributed by atoms with Crippen molar-refractivity contribution in [3.63, 3.8) is 0 Å². The Hall–Kier alpha value is -4.40. The monoisotopic (exact) mass is 702 g/mol. The van der Waals surface area contributed by atoms with Gasteiger partial charge in [0.25, 0.3) is 0 Å². The van der Waals surface area contributed by atoms with Crippen LogP contribution in [0.25, 0.3) is 10.9 Å². The number of fused-ring (bicyclic) bond motifs is 6. The van der Waals surface area contributed by atoms with Crippen LogP contribution >= 0.6 is 11.6 Å². The lowest BCUT2D eigenvalue weighted by molar-refractivity contribution is 0.209. The van der Waals surface area contributed by atoms with Crippen LogP contribution in [0.15, 0.2) is 78.5 Å². The second-order valence-corrected chi connectivity index (χ2v) is 14.9. The number of hydrogen-bond donors (Lipinski definition) is 1. The highest BCUT2D eigenvalue weighted by Gasteiger charge is 2.34. The molecule has 3 aromatic carbocycles. The average molecular weight is 703 g/mol. The molecule has 0 saturated carbocycles. The molecule has 3 unspecified atom stereocenters. The van der Waals surface area contributed by atoms with Gasteiger partial charge in [0.15, 0.2) is 11.5 Å². The summed E-state index contributed by atoms with van der Waals surface area (Å²) in [7, 11) is 3.41. The molecule has 264 valence electrons. The molecular formula is C42H47ClN6O2. The number of benzene rings is 3. The summed E-state index contributed by atoms with van der Waals surface area (Å²) >= 11 is 6.26. The molecule has 0 radical (unpaired) electrons. The fourth-order valence-corrected chi connectivity index (χ4v) is 9.06. The predicted octanol–water partition coefficient (Wildman–Crippen LogP) is 8.51. The Balaban J connectivity index is 0.840. The summed E-state index contributed by atoms with van der Waals surface area (Å²) in [6, 6.07) is 21.2. The summed E-state index contributed by atoms with van der Waals surface area (Å²) in [6.45, 7) is 2.87. The summed E-state index contributed by atoms with van der Waals surface area (Å²) in [6.07, 6.45) is 14.2. The zero-order valence-corrected chi connectivity index (χ0v) is 30.4. The first-order chi connectivity index (χ1) is 25.0. The molecule has 2 bridgehead atoms. The van der Waals surface area contributed by atoms with Crippen LogP contribution in [0.5, 0.6) is 11.5 Å². The minimum Gasteiger partial charge on any atom is -0.493 e. The second-order valence-electron chi connectivity index (χ2n) is 14.5. The van der Waals surface area contributed by atoms with Crippen molar-refractivity contribution >= 4 is 28.2 Å². The van der Waals surface area contributed by atoms with Gasteiger partial charge in [-0.3, -0.25) is 14.6 Å². The van der Waals surface area contributed by atoms with E-state index in [1.807, 2.05) is 22.9 Å². The number of unbranched alkanes of at least 4 members (excludes halogenated alkanes) is 1. The van der Waals surface area contributed by atoms with Crippen LogP contribution in [0, 0.1) is 5.92 Å². The number of allylic oxidation sites excluding steroid dienone is 2. The van der Waals surface area contributed by atoms with Crippen molar-refractivity contribution in [3.05, 3.63) is 117 Å². The van der Waals surface area contributed by atoms with E-state index in [0.717, 1.165) is 105 Å². The fourth-order valence-electron chi connectivity index (χ4n) is 8.89. The Morgan fingerprint density at radius 3 is 2.61 bits per heavy atom. The van der Waals surface area contributed by atoms with Gasteiger partial charge < -0.3 is 15.2 Å². The van der Waals surface area contributed by atoms with Gasteiger partial charge >= 0.3 is 0 Å². The number of aromatic nitrogens is 4. The molecule has 0 amide bonds. The van der Waals surface area contributed by atoms with Gasteiger partial charge in [0.1, 0.15) is 0 Å². The van der Waals surface area contributed by atoms with E-state index in [2.05, 4.69) is 69.9 Å². The van der Waals surface area contributed by atoms with Crippen molar-refractivity contribution in [2.45, 2.75) is 76.3 Å². The Morgan fingerprint density at radius 2 is 1.76 bits per heavy atom. The number of ether oxygens (including phenoxy) is 2. The lowest BCUT2D eigenvalue weighted by Gasteiger charge is -2.38. The zero-order valence-electron chi connectivity index (χ0n) is 29.7. The number of methoxy groups -OCH3 is 2. The highest BCUT2D eigenvalue weighted by atomic mass is 35.5. The van der Waals surface area contributed by atoms with Crippen molar-refractivity contribution in [1.29, 1.82) is 0 Å². The maximum Gasteiger partial charge on any atom is 0.161 e. The van der Waals surface area contributed by atoms with Gasteiger partial charge in [-0.15, -0.1) is 5.10 Å². The summed E-state index contributed by atoms with van der Waals surface area (Å²) in [5.74, 6) is 2.57. The van der Waals surface area contributed by atoms with E-state index in [0.29, 0.717) is 16.9 Å². The zero-order chi connectivity index (χ0) is 34.9. The molecule has 3 heterocycles. The largest absolute Gasteiger partial charge is 0.493 e. The van der Waals surface area contributed by atoms with Crippen molar-refractivity contribution in [2.24, 2.45) is 5.92 Å². The predicted molar refractivity (Wildman–Crippen MR) is 204 cm³/mol. The van der Waals surface area contributed by atoms with Gasteiger partial charge in [0.2, 0.25) is 0 Å². The third-order valence-corrected chi connectivity index (χ3v) is 11.5. The number of aryl methyl sites for hydroxylation is 2. The second kappa shape index (κ2) is 14.7. The summed E-state index contributed by atoms with van der Waals surface area (Å²) in [5.41, 5.74) is 17.6. The fraction of sp³-hybridized carbons (Fsp3) is 0.405. The number of nitrogens with two attached hydrogens (primary N) is 1. The van der Waals surface area contributed by atoms with Crippen LogP contribution in [0.4, 0.5) is 5.69 Å². The molecule has 0 spiro atoms. The maximum atomic E-state index is 6.76. The molecule has 8 rings (SSSR count). The van der Waals surface area contributed by atoms with E-state index >= 15 is 0 Å². The molecule has 8 nitrogen and oxygen atoms in total.